The van der Waals surface area contributed by atoms with E-state index in [2.05, 4.69) is 45.0 Å². The topological polar surface area (TPSA) is 17.1 Å². The lowest BCUT2D eigenvalue weighted by Gasteiger charge is -2.32. The highest BCUT2D eigenvalue weighted by Crippen LogP contribution is 2.38. The fraction of sp³-hybridized carbons (Fsp3) is 0.650. The number of rotatable bonds is 6. The lowest BCUT2D eigenvalue weighted by molar-refractivity contribution is -0.127. The molecule has 0 radical (unpaired) electrons. The molecule has 1 aliphatic carbocycles. The maximum absolute atomic E-state index is 13.2. The molecule has 1 nitrogen and oxygen atoms in total. The zero-order valence-electron chi connectivity index (χ0n) is 13.8. The summed E-state index contributed by atoms with van der Waals surface area (Å²) in [5.74, 6) is 2.09. The highest BCUT2D eigenvalue weighted by Gasteiger charge is 2.34. The Hall–Kier alpha value is -1.11. The van der Waals surface area contributed by atoms with Crippen LogP contribution in [-0.4, -0.2) is 5.78 Å². The second-order valence-electron chi connectivity index (χ2n) is 6.81. The van der Waals surface area contributed by atoms with Crippen molar-refractivity contribution in [3.8, 4) is 0 Å². The molecule has 0 heterocycles. The minimum atomic E-state index is 0.0943. The molecular formula is C20H30O. The molecule has 0 aromatic heterocycles. The van der Waals surface area contributed by atoms with Crippen molar-refractivity contribution in [2.24, 2.45) is 17.8 Å². The second kappa shape index (κ2) is 7.77. The quantitative estimate of drug-likeness (QED) is 0.665. The average Bonchev–Trinajstić information content (AvgIpc) is 2.55. The van der Waals surface area contributed by atoms with E-state index in [-0.39, 0.29) is 5.92 Å². The number of hydrogen-bond donors (Lipinski definition) is 0. The van der Waals surface area contributed by atoms with Crippen LogP contribution in [0.5, 0.6) is 0 Å². The summed E-state index contributed by atoms with van der Waals surface area (Å²) in [5.41, 5.74) is 1.22. The summed E-state index contributed by atoms with van der Waals surface area (Å²) in [7, 11) is 0. The van der Waals surface area contributed by atoms with Crippen molar-refractivity contribution in [2.75, 3.05) is 0 Å². The van der Waals surface area contributed by atoms with Gasteiger partial charge in [0.15, 0.2) is 0 Å². The van der Waals surface area contributed by atoms with Crippen LogP contribution in [-0.2, 0) is 4.79 Å². The standard InChI is InChI=1S/C20H30O/c1-4-15(3)19(17-11-7-6-8-12-17)20(21)18-13-9-10-16(5-2)14-18/h6-8,11-12,15-16,18-19H,4-5,9-10,13-14H2,1-3H3. The van der Waals surface area contributed by atoms with E-state index in [1.54, 1.807) is 0 Å². The molecular weight excluding hydrogens is 256 g/mol. The first-order chi connectivity index (χ1) is 10.2. The van der Waals surface area contributed by atoms with E-state index in [0.29, 0.717) is 17.6 Å². The van der Waals surface area contributed by atoms with Crippen molar-refractivity contribution in [3.05, 3.63) is 35.9 Å². The molecule has 21 heavy (non-hydrogen) atoms. The normalized spacial score (nSPS) is 25.3. The molecule has 1 aromatic rings. The van der Waals surface area contributed by atoms with Gasteiger partial charge in [0.1, 0.15) is 5.78 Å². The van der Waals surface area contributed by atoms with Gasteiger partial charge in [-0.3, -0.25) is 4.79 Å². The van der Waals surface area contributed by atoms with Gasteiger partial charge in [0.25, 0.3) is 0 Å². The van der Waals surface area contributed by atoms with Crippen LogP contribution >= 0.6 is 0 Å². The van der Waals surface area contributed by atoms with Crippen LogP contribution in [0.4, 0.5) is 0 Å². The molecule has 0 N–H and O–H groups in total. The van der Waals surface area contributed by atoms with Gasteiger partial charge >= 0.3 is 0 Å². The fourth-order valence-electron chi connectivity index (χ4n) is 3.84. The molecule has 4 unspecified atom stereocenters. The Morgan fingerprint density at radius 1 is 1.19 bits per heavy atom. The maximum Gasteiger partial charge on any atom is 0.143 e. The molecule has 0 aliphatic heterocycles. The Kier molecular flexibility index (Phi) is 6.02. The van der Waals surface area contributed by atoms with Gasteiger partial charge in [0, 0.05) is 11.8 Å². The molecule has 1 saturated carbocycles. The van der Waals surface area contributed by atoms with Crippen LogP contribution in [0, 0.1) is 17.8 Å². The monoisotopic (exact) mass is 286 g/mol. The third kappa shape index (κ3) is 3.96. The van der Waals surface area contributed by atoms with Crippen LogP contribution in [0.15, 0.2) is 30.3 Å². The van der Waals surface area contributed by atoms with Crippen LogP contribution in [0.25, 0.3) is 0 Å². The Morgan fingerprint density at radius 2 is 1.90 bits per heavy atom. The summed E-state index contributed by atoms with van der Waals surface area (Å²) in [5, 5.41) is 0. The minimum Gasteiger partial charge on any atom is -0.299 e. The third-order valence-corrected chi connectivity index (χ3v) is 5.44. The molecule has 0 spiro atoms. The zero-order chi connectivity index (χ0) is 15.2. The lowest BCUT2D eigenvalue weighted by Crippen LogP contribution is -2.30. The van der Waals surface area contributed by atoms with E-state index in [1.807, 2.05) is 6.07 Å². The van der Waals surface area contributed by atoms with Crippen LogP contribution in [0.1, 0.15) is 70.8 Å². The summed E-state index contributed by atoms with van der Waals surface area (Å²) in [6.07, 6.45) is 7.07. The predicted octanol–water partition coefficient (Wildman–Crippen LogP) is 5.60. The first kappa shape index (κ1) is 16.3. The fourth-order valence-corrected chi connectivity index (χ4v) is 3.84. The highest BCUT2D eigenvalue weighted by molar-refractivity contribution is 5.88. The van der Waals surface area contributed by atoms with Crippen LogP contribution in [0.2, 0.25) is 0 Å². The summed E-state index contributed by atoms with van der Waals surface area (Å²) in [6.45, 7) is 6.69. The molecule has 0 amide bonds. The first-order valence-corrected chi connectivity index (χ1v) is 8.76. The SMILES string of the molecule is CCC1CCCC(C(=O)C(c2ccccc2)C(C)CC)C1. The zero-order valence-corrected chi connectivity index (χ0v) is 13.8. The van der Waals surface area contributed by atoms with Gasteiger partial charge in [-0.25, -0.2) is 0 Å². The number of carbonyl (C=O) groups is 1. The molecule has 0 saturated heterocycles. The largest absolute Gasteiger partial charge is 0.299 e. The van der Waals surface area contributed by atoms with Crippen LogP contribution < -0.4 is 0 Å². The van der Waals surface area contributed by atoms with E-state index < -0.39 is 0 Å². The van der Waals surface area contributed by atoms with Gasteiger partial charge in [-0.05, 0) is 30.2 Å². The van der Waals surface area contributed by atoms with Crippen molar-refractivity contribution in [1.29, 1.82) is 0 Å². The molecule has 1 aromatic carbocycles. The average molecular weight is 286 g/mol. The molecule has 0 bridgehead atoms. The molecule has 116 valence electrons. The van der Waals surface area contributed by atoms with Crippen molar-refractivity contribution >= 4 is 5.78 Å². The molecule has 1 aliphatic rings. The van der Waals surface area contributed by atoms with E-state index in [1.165, 1.54) is 24.8 Å². The number of ketones is 1. The van der Waals surface area contributed by atoms with E-state index in [9.17, 15) is 4.79 Å². The Morgan fingerprint density at radius 3 is 2.52 bits per heavy atom. The van der Waals surface area contributed by atoms with E-state index in [4.69, 9.17) is 0 Å². The van der Waals surface area contributed by atoms with Gasteiger partial charge < -0.3 is 0 Å². The third-order valence-electron chi connectivity index (χ3n) is 5.44. The molecule has 2 rings (SSSR count). The van der Waals surface area contributed by atoms with Crippen LogP contribution in [0.3, 0.4) is 0 Å². The number of benzene rings is 1. The summed E-state index contributed by atoms with van der Waals surface area (Å²) < 4.78 is 0. The summed E-state index contributed by atoms with van der Waals surface area (Å²) in [6, 6.07) is 10.4. The van der Waals surface area contributed by atoms with Crippen molar-refractivity contribution < 1.29 is 4.79 Å². The smallest absolute Gasteiger partial charge is 0.143 e. The van der Waals surface area contributed by atoms with Gasteiger partial charge in [0.2, 0.25) is 0 Å². The first-order valence-electron chi connectivity index (χ1n) is 8.76. The second-order valence-corrected chi connectivity index (χ2v) is 6.81. The van der Waals surface area contributed by atoms with Gasteiger partial charge in [-0.15, -0.1) is 0 Å². The number of Topliss-reactive ketones (excluding diaryl/α,β-unsaturated/α-hetero) is 1. The molecule has 1 heteroatoms. The van der Waals surface area contributed by atoms with E-state index >= 15 is 0 Å². The van der Waals surface area contributed by atoms with E-state index in [0.717, 1.165) is 25.2 Å². The molecule has 1 fully saturated rings. The van der Waals surface area contributed by atoms with Crippen molar-refractivity contribution in [1.82, 2.24) is 0 Å². The highest BCUT2D eigenvalue weighted by atomic mass is 16.1. The molecule has 4 atom stereocenters. The Bertz CT molecular complexity index is 436. The van der Waals surface area contributed by atoms with Gasteiger partial charge in [-0.1, -0.05) is 76.8 Å². The number of hydrogen-bond acceptors (Lipinski definition) is 1. The minimum absolute atomic E-state index is 0.0943. The summed E-state index contributed by atoms with van der Waals surface area (Å²) in [4.78, 5) is 13.2. The predicted molar refractivity (Wildman–Crippen MR) is 89.4 cm³/mol. The summed E-state index contributed by atoms with van der Waals surface area (Å²) >= 11 is 0. The van der Waals surface area contributed by atoms with Gasteiger partial charge in [-0.2, -0.15) is 0 Å². The van der Waals surface area contributed by atoms with Crippen molar-refractivity contribution in [2.45, 2.75) is 65.2 Å². The van der Waals surface area contributed by atoms with Crippen molar-refractivity contribution in [3.63, 3.8) is 0 Å². The lowest BCUT2D eigenvalue weighted by atomic mass is 9.71. The Labute approximate surface area is 130 Å². The van der Waals surface area contributed by atoms with Gasteiger partial charge in [0.05, 0.1) is 0 Å². The number of carbonyl (C=O) groups excluding carboxylic acids is 1. The maximum atomic E-state index is 13.2. The Balaban J connectivity index is 2.18.